The smallest absolute Gasteiger partial charge is 0.331 e. The van der Waals surface area contributed by atoms with Crippen molar-refractivity contribution in [2.75, 3.05) is 0 Å². The van der Waals surface area contributed by atoms with Crippen LogP contribution in [0.2, 0.25) is 0 Å². The Morgan fingerprint density at radius 1 is 1.19 bits per heavy atom. The van der Waals surface area contributed by atoms with Crippen molar-refractivity contribution in [2.24, 2.45) is 0 Å². The molecule has 16 heavy (non-hydrogen) atoms. The molecule has 1 saturated carbocycles. The van der Waals surface area contributed by atoms with Gasteiger partial charge in [0.2, 0.25) is 0 Å². The molecular formula is C14H16O2. The van der Waals surface area contributed by atoms with Crippen LogP contribution in [0.15, 0.2) is 36.4 Å². The lowest BCUT2D eigenvalue weighted by atomic mass is 10.2. The van der Waals surface area contributed by atoms with Gasteiger partial charge < -0.3 is 4.74 Å². The Hall–Kier alpha value is -1.57. The summed E-state index contributed by atoms with van der Waals surface area (Å²) in [6, 6.07) is 9.76. The van der Waals surface area contributed by atoms with Crippen LogP contribution in [0.4, 0.5) is 0 Å². The fourth-order valence-corrected chi connectivity index (χ4v) is 1.94. The summed E-state index contributed by atoms with van der Waals surface area (Å²) in [7, 11) is 0. The Bertz CT molecular complexity index is 362. The first-order valence-electron chi connectivity index (χ1n) is 5.78. The third kappa shape index (κ3) is 3.23. The summed E-state index contributed by atoms with van der Waals surface area (Å²) >= 11 is 0. The summed E-state index contributed by atoms with van der Waals surface area (Å²) < 4.78 is 5.31. The molecule has 0 spiro atoms. The normalized spacial score (nSPS) is 16.8. The molecule has 1 aromatic rings. The zero-order valence-corrected chi connectivity index (χ0v) is 9.26. The van der Waals surface area contributed by atoms with Crippen LogP contribution in [0.3, 0.4) is 0 Å². The minimum absolute atomic E-state index is 0.146. The molecule has 0 saturated heterocycles. The van der Waals surface area contributed by atoms with Crippen LogP contribution in [0.5, 0.6) is 0 Å². The summed E-state index contributed by atoms with van der Waals surface area (Å²) in [4.78, 5) is 11.5. The van der Waals surface area contributed by atoms with Gasteiger partial charge in [0.1, 0.15) is 6.10 Å². The Kier molecular flexibility index (Phi) is 3.76. The van der Waals surface area contributed by atoms with E-state index in [1.807, 2.05) is 30.3 Å². The molecule has 2 rings (SSSR count). The average Bonchev–Trinajstić information content (AvgIpc) is 2.81. The zero-order chi connectivity index (χ0) is 11.2. The maximum atomic E-state index is 11.5. The molecule has 0 unspecified atom stereocenters. The van der Waals surface area contributed by atoms with Crippen LogP contribution in [-0.4, -0.2) is 12.1 Å². The molecule has 2 nitrogen and oxygen atoms in total. The van der Waals surface area contributed by atoms with E-state index in [0.717, 1.165) is 18.4 Å². The van der Waals surface area contributed by atoms with Crippen molar-refractivity contribution in [1.82, 2.24) is 0 Å². The second kappa shape index (κ2) is 5.50. The quantitative estimate of drug-likeness (QED) is 0.573. The number of hydrogen-bond donors (Lipinski definition) is 0. The van der Waals surface area contributed by atoms with Crippen LogP contribution in [-0.2, 0) is 9.53 Å². The highest BCUT2D eigenvalue weighted by molar-refractivity contribution is 5.87. The van der Waals surface area contributed by atoms with Crippen molar-refractivity contribution in [1.29, 1.82) is 0 Å². The first-order chi connectivity index (χ1) is 7.84. The number of esters is 1. The molecule has 0 aromatic heterocycles. The fraction of sp³-hybridized carbons (Fsp3) is 0.357. The predicted molar refractivity (Wildman–Crippen MR) is 63.8 cm³/mol. The maximum absolute atomic E-state index is 11.5. The first-order valence-corrected chi connectivity index (χ1v) is 5.78. The second-order valence-corrected chi connectivity index (χ2v) is 4.09. The van der Waals surface area contributed by atoms with Gasteiger partial charge in [0, 0.05) is 6.08 Å². The van der Waals surface area contributed by atoms with Gasteiger partial charge in [-0.3, -0.25) is 0 Å². The number of rotatable bonds is 3. The topological polar surface area (TPSA) is 26.3 Å². The lowest BCUT2D eigenvalue weighted by Crippen LogP contribution is -2.12. The molecule has 0 amide bonds. The number of carbonyl (C=O) groups is 1. The van der Waals surface area contributed by atoms with Gasteiger partial charge >= 0.3 is 5.97 Å². The minimum atomic E-state index is -0.226. The van der Waals surface area contributed by atoms with Crippen LogP contribution in [0, 0.1) is 0 Å². The van der Waals surface area contributed by atoms with E-state index < -0.39 is 0 Å². The zero-order valence-electron chi connectivity index (χ0n) is 9.26. The highest BCUT2D eigenvalue weighted by Crippen LogP contribution is 2.21. The highest BCUT2D eigenvalue weighted by atomic mass is 16.5. The predicted octanol–water partition coefficient (Wildman–Crippen LogP) is 3.19. The maximum Gasteiger partial charge on any atom is 0.331 e. The van der Waals surface area contributed by atoms with E-state index in [0.29, 0.717) is 0 Å². The van der Waals surface area contributed by atoms with Crippen molar-refractivity contribution in [3.05, 3.63) is 42.0 Å². The van der Waals surface area contributed by atoms with Gasteiger partial charge in [-0.15, -0.1) is 0 Å². The summed E-state index contributed by atoms with van der Waals surface area (Å²) in [5, 5.41) is 0. The standard InChI is InChI=1S/C14H16O2/c15-14(16-13-8-4-5-9-13)11-10-12-6-2-1-3-7-12/h1-3,6-7,10-11,13H,4-5,8-9H2/b11-10+. The van der Waals surface area contributed by atoms with Crippen molar-refractivity contribution in [2.45, 2.75) is 31.8 Å². The van der Waals surface area contributed by atoms with Crippen LogP contribution in [0.1, 0.15) is 31.2 Å². The van der Waals surface area contributed by atoms with E-state index in [4.69, 9.17) is 4.74 Å². The van der Waals surface area contributed by atoms with Crippen molar-refractivity contribution in [3.63, 3.8) is 0 Å². The largest absolute Gasteiger partial charge is 0.459 e. The Labute approximate surface area is 95.9 Å². The van der Waals surface area contributed by atoms with Crippen molar-refractivity contribution in [3.8, 4) is 0 Å². The summed E-state index contributed by atoms with van der Waals surface area (Å²) in [6.07, 6.45) is 7.84. The molecule has 0 radical (unpaired) electrons. The van der Waals surface area contributed by atoms with E-state index >= 15 is 0 Å². The molecule has 0 N–H and O–H groups in total. The monoisotopic (exact) mass is 216 g/mol. The van der Waals surface area contributed by atoms with Gasteiger partial charge in [-0.1, -0.05) is 30.3 Å². The summed E-state index contributed by atoms with van der Waals surface area (Å²) in [5.41, 5.74) is 1.02. The lowest BCUT2D eigenvalue weighted by Gasteiger charge is -2.08. The molecule has 0 bridgehead atoms. The molecule has 0 heterocycles. The van der Waals surface area contributed by atoms with E-state index in [2.05, 4.69) is 0 Å². The molecule has 1 fully saturated rings. The van der Waals surface area contributed by atoms with Gasteiger partial charge in [-0.2, -0.15) is 0 Å². The van der Waals surface area contributed by atoms with Crippen LogP contribution in [0.25, 0.3) is 6.08 Å². The van der Waals surface area contributed by atoms with E-state index in [9.17, 15) is 4.79 Å². The first kappa shape index (κ1) is 10.9. The van der Waals surface area contributed by atoms with E-state index in [-0.39, 0.29) is 12.1 Å². The van der Waals surface area contributed by atoms with E-state index in [1.165, 1.54) is 18.9 Å². The minimum Gasteiger partial charge on any atom is -0.459 e. The number of carbonyl (C=O) groups excluding carboxylic acids is 1. The van der Waals surface area contributed by atoms with Crippen molar-refractivity contribution < 1.29 is 9.53 Å². The lowest BCUT2D eigenvalue weighted by molar-refractivity contribution is -0.142. The van der Waals surface area contributed by atoms with Gasteiger partial charge in [-0.05, 0) is 37.3 Å². The van der Waals surface area contributed by atoms with Crippen LogP contribution < -0.4 is 0 Å². The number of ether oxygens (including phenoxy) is 1. The van der Waals surface area contributed by atoms with Gasteiger partial charge in [0.05, 0.1) is 0 Å². The third-order valence-electron chi connectivity index (χ3n) is 2.80. The van der Waals surface area contributed by atoms with Gasteiger partial charge in [-0.25, -0.2) is 4.79 Å². The number of hydrogen-bond acceptors (Lipinski definition) is 2. The molecule has 2 heteroatoms. The SMILES string of the molecule is O=C(/C=C/c1ccccc1)OC1CCCC1. The second-order valence-electron chi connectivity index (χ2n) is 4.09. The molecule has 0 aliphatic heterocycles. The number of benzene rings is 1. The fourth-order valence-electron chi connectivity index (χ4n) is 1.94. The molecule has 0 atom stereocenters. The summed E-state index contributed by atoms with van der Waals surface area (Å²) in [5.74, 6) is -0.226. The molecular weight excluding hydrogens is 200 g/mol. The Morgan fingerprint density at radius 2 is 1.88 bits per heavy atom. The summed E-state index contributed by atoms with van der Waals surface area (Å²) in [6.45, 7) is 0. The van der Waals surface area contributed by atoms with Crippen LogP contribution >= 0.6 is 0 Å². The molecule has 1 aromatic carbocycles. The molecule has 1 aliphatic rings. The Morgan fingerprint density at radius 3 is 2.56 bits per heavy atom. The highest BCUT2D eigenvalue weighted by Gasteiger charge is 2.17. The third-order valence-corrected chi connectivity index (χ3v) is 2.80. The van der Waals surface area contributed by atoms with Crippen molar-refractivity contribution >= 4 is 12.0 Å². The van der Waals surface area contributed by atoms with Gasteiger partial charge in [0.15, 0.2) is 0 Å². The molecule has 84 valence electrons. The van der Waals surface area contributed by atoms with Gasteiger partial charge in [0.25, 0.3) is 0 Å². The Balaban J connectivity index is 1.84. The molecule has 1 aliphatic carbocycles. The average molecular weight is 216 g/mol. The van der Waals surface area contributed by atoms with E-state index in [1.54, 1.807) is 6.08 Å².